The van der Waals surface area contributed by atoms with E-state index in [0.717, 1.165) is 11.8 Å². The molecule has 1 rings (SSSR count). The van der Waals surface area contributed by atoms with Crippen molar-refractivity contribution >= 4 is 21.9 Å². The molecule has 1 aromatic carbocycles. The fourth-order valence-corrected chi connectivity index (χ4v) is 1.81. The summed E-state index contributed by atoms with van der Waals surface area (Å²) in [5.74, 6) is -0.242. The first kappa shape index (κ1) is 12.2. The molecule has 0 aliphatic heterocycles. The largest absolute Gasteiger partial charge is 0.462 e. The Hall–Kier alpha value is -0.830. The summed E-state index contributed by atoms with van der Waals surface area (Å²) in [5, 5.41) is 0.903. The van der Waals surface area contributed by atoms with Crippen molar-refractivity contribution in [2.75, 3.05) is 11.9 Å². The van der Waals surface area contributed by atoms with Crippen LogP contribution in [-0.2, 0) is 11.2 Å². The molecule has 0 amide bonds. The van der Waals surface area contributed by atoms with Gasteiger partial charge in [0.05, 0.1) is 12.2 Å². The molecule has 0 heterocycles. The van der Waals surface area contributed by atoms with E-state index < -0.39 is 0 Å². The number of halogens is 1. The van der Waals surface area contributed by atoms with Crippen molar-refractivity contribution in [3.8, 4) is 0 Å². The first-order valence-electron chi connectivity index (χ1n) is 5.01. The van der Waals surface area contributed by atoms with Gasteiger partial charge in [-0.2, -0.15) is 0 Å². The molecule has 82 valence electrons. The van der Waals surface area contributed by atoms with Crippen LogP contribution < -0.4 is 0 Å². The summed E-state index contributed by atoms with van der Waals surface area (Å²) < 4.78 is 4.95. The van der Waals surface area contributed by atoms with Crippen molar-refractivity contribution in [1.82, 2.24) is 0 Å². The Balaban J connectivity index is 2.91. The second kappa shape index (κ2) is 5.91. The van der Waals surface area contributed by atoms with Gasteiger partial charge in [-0.3, -0.25) is 0 Å². The van der Waals surface area contributed by atoms with Crippen molar-refractivity contribution in [1.29, 1.82) is 0 Å². The van der Waals surface area contributed by atoms with Gasteiger partial charge in [-0.15, -0.1) is 0 Å². The van der Waals surface area contributed by atoms with Gasteiger partial charge in [-0.1, -0.05) is 22.0 Å². The van der Waals surface area contributed by atoms with E-state index in [4.69, 9.17) is 4.74 Å². The number of hydrogen-bond donors (Lipinski definition) is 0. The van der Waals surface area contributed by atoms with Crippen molar-refractivity contribution < 1.29 is 9.53 Å². The first-order valence-corrected chi connectivity index (χ1v) is 6.13. The summed E-state index contributed by atoms with van der Waals surface area (Å²) in [6.07, 6.45) is 0.930. The average molecular weight is 271 g/mol. The van der Waals surface area contributed by atoms with E-state index in [-0.39, 0.29) is 5.97 Å². The number of ether oxygens (including phenoxy) is 1. The number of alkyl halides is 1. The quantitative estimate of drug-likeness (QED) is 0.621. The molecule has 0 radical (unpaired) electrons. The monoisotopic (exact) mass is 270 g/mol. The van der Waals surface area contributed by atoms with Gasteiger partial charge in [0.15, 0.2) is 0 Å². The predicted molar refractivity (Wildman–Crippen MR) is 64.6 cm³/mol. The molecule has 0 fully saturated rings. The Morgan fingerprint density at radius 2 is 2.20 bits per heavy atom. The lowest BCUT2D eigenvalue weighted by molar-refractivity contribution is 0.0526. The van der Waals surface area contributed by atoms with Gasteiger partial charge in [-0.25, -0.2) is 4.79 Å². The smallest absolute Gasteiger partial charge is 0.338 e. The molecule has 0 N–H and O–H groups in total. The van der Waals surface area contributed by atoms with E-state index in [2.05, 4.69) is 15.9 Å². The van der Waals surface area contributed by atoms with E-state index in [9.17, 15) is 4.79 Å². The van der Waals surface area contributed by atoms with Crippen molar-refractivity contribution in [2.45, 2.75) is 20.3 Å². The standard InChI is InChI=1S/C12H15BrO2/c1-3-15-12(14)11-5-4-9(2)10(8-11)6-7-13/h4-5,8H,3,6-7H2,1-2H3. The summed E-state index contributed by atoms with van der Waals surface area (Å²) in [6.45, 7) is 4.28. The van der Waals surface area contributed by atoms with E-state index >= 15 is 0 Å². The van der Waals surface area contributed by atoms with Gasteiger partial charge in [0.25, 0.3) is 0 Å². The third-order valence-electron chi connectivity index (χ3n) is 2.22. The molecule has 0 aliphatic rings. The minimum absolute atomic E-state index is 0.242. The summed E-state index contributed by atoms with van der Waals surface area (Å²) in [7, 11) is 0. The van der Waals surface area contributed by atoms with E-state index in [0.29, 0.717) is 12.2 Å². The normalized spacial score (nSPS) is 10.1. The summed E-state index contributed by atoms with van der Waals surface area (Å²) in [5.41, 5.74) is 3.04. The number of carbonyl (C=O) groups is 1. The van der Waals surface area contributed by atoms with Gasteiger partial charge in [0.1, 0.15) is 0 Å². The van der Waals surface area contributed by atoms with Crippen molar-refractivity contribution in [2.24, 2.45) is 0 Å². The van der Waals surface area contributed by atoms with Crippen LogP contribution in [0.4, 0.5) is 0 Å². The molecule has 0 atom stereocenters. The highest BCUT2D eigenvalue weighted by atomic mass is 79.9. The average Bonchev–Trinajstić information content (AvgIpc) is 2.22. The summed E-state index contributed by atoms with van der Waals surface area (Å²) >= 11 is 3.40. The van der Waals surface area contributed by atoms with Crippen LogP contribution in [0.2, 0.25) is 0 Å². The maximum Gasteiger partial charge on any atom is 0.338 e. The molecule has 1 aromatic rings. The van der Waals surface area contributed by atoms with Crippen LogP contribution in [0, 0.1) is 6.92 Å². The zero-order valence-electron chi connectivity index (χ0n) is 9.05. The highest BCUT2D eigenvalue weighted by Crippen LogP contribution is 2.13. The zero-order valence-corrected chi connectivity index (χ0v) is 10.6. The lowest BCUT2D eigenvalue weighted by atomic mass is 10.0. The lowest BCUT2D eigenvalue weighted by Crippen LogP contribution is -2.05. The second-order valence-corrected chi connectivity index (χ2v) is 4.09. The van der Waals surface area contributed by atoms with Crippen LogP contribution >= 0.6 is 15.9 Å². The van der Waals surface area contributed by atoms with Crippen molar-refractivity contribution in [3.05, 3.63) is 34.9 Å². The topological polar surface area (TPSA) is 26.3 Å². The number of aryl methyl sites for hydroxylation is 2. The Morgan fingerprint density at radius 1 is 1.47 bits per heavy atom. The van der Waals surface area contributed by atoms with Crippen LogP contribution in [0.5, 0.6) is 0 Å². The van der Waals surface area contributed by atoms with Gasteiger partial charge in [0.2, 0.25) is 0 Å². The molecular formula is C12H15BrO2. The minimum Gasteiger partial charge on any atom is -0.462 e. The van der Waals surface area contributed by atoms with Gasteiger partial charge >= 0.3 is 5.97 Å². The zero-order chi connectivity index (χ0) is 11.3. The number of carbonyl (C=O) groups excluding carboxylic acids is 1. The van der Waals surface area contributed by atoms with Crippen molar-refractivity contribution in [3.63, 3.8) is 0 Å². The molecule has 2 nitrogen and oxygen atoms in total. The molecule has 0 spiro atoms. The van der Waals surface area contributed by atoms with Crippen LogP contribution in [0.1, 0.15) is 28.4 Å². The molecule has 0 saturated heterocycles. The Kier molecular flexibility index (Phi) is 4.82. The molecule has 0 aliphatic carbocycles. The second-order valence-electron chi connectivity index (χ2n) is 3.30. The van der Waals surface area contributed by atoms with E-state index in [1.807, 2.05) is 32.0 Å². The summed E-state index contributed by atoms with van der Waals surface area (Å²) in [6, 6.07) is 5.68. The van der Waals surface area contributed by atoms with Gasteiger partial charge in [0, 0.05) is 5.33 Å². The molecule has 15 heavy (non-hydrogen) atoms. The van der Waals surface area contributed by atoms with Gasteiger partial charge in [-0.05, 0) is 43.5 Å². The van der Waals surface area contributed by atoms with Crippen LogP contribution in [0.15, 0.2) is 18.2 Å². The highest BCUT2D eigenvalue weighted by molar-refractivity contribution is 9.09. The predicted octanol–water partition coefficient (Wildman–Crippen LogP) is 3.11. The Labute approximate surface area is 98.8 Å². The van der Waals surface area contributed by atoms with Crippen LogP contribution in [-0.4, -0.2) is 17.9 Å². The van der Waals surface area contributed by atoms with Crippen LogP contribution in [0.25, 0.3) is 0 Å². The molecule has 0 unspecified atom stereocenters. The fourth-order valence-electron chi connectivity index (χ4n) is 1.38. The number of rotatable bonds is 4. The molecule has 0 aromatic heterocycles. The minimum atomic E-state index is -0.242. The van der Waals surface area contributed by atoms with E-state index in [1.165, 1.54) is 11.1 Å². The molecule has 3 heteroatoms. The van der Waals surface area contributed by atoms with E-state index in [1.54, 1.807) is 0 Å². The number of esters is 1. The Bertz CT molecular complexity index is 347. The number of hydrogen-bond acceptors (Lipinski definition) is 2. The van der Waals surface area contributed by atoms with Crippen LogP contribution in [0.3, 0.4) is 0 Å². The first-order chi connectivity index (χ1) is 7.19. The fraction of sp³-hybridized carbons (Fsp3) is 0.417. The highest BCUT2D eigenvalue weighted by Gasteiger charge is 2.08. The molecule has 0 saturated carbocycles. The molecule has 0 bridgehead atoms. The molecular weight excluding hydrogens is 256 g/mol. The third kappa shape index (κ3) is 3.34. The SMILES string of the molecule is CCOC(=O)c1ccc(C)c(CCBr)c1. The lowest BCUT2D eigenvalue weighted by Gasteiger charge is -2.07. The summed E-state index contributed by atoms with van der Waals surface area (Å²) in [4.78, 5) is 11.5. The maximum atomic E-state index is 11.5. The Morgan fingerprint density at radius 3 is 2.80 bits per heavy atom. The third-order valence-corrected chi connectivity index (χ3v) is 2.62. The maximum absolute atomic E-state index is 11.5. The number of benzene rings is 1. The van der Waals surface area contributed by atoms with Gasteiger partial charge < -0.3 is 4.74 Å².